The minimum absolute atomic E-state index is 0.145. The Morgan fingerprint density at radius 2 is 2.00 bits per heavy atom. The monoisotopic (exact) mass is 388 g/mol. The maximum Gasteiger partial charge on any atom is 0.274 e. The summed E-state index contributed by atoms with van der Waals surface area (Å²) in [6.07, 6.45) is 9.03. The van der Waals surface area contributed by atoms with Crippen molar-refractivity contribution in [3.8, 4) is 10.9 Å². The van der Waals surface area contributed by atoms with E-state index in [2.05, 4.69) is 4.98 Å². The molecule has 1 aromatic heterocycles. The summed E-state index contributed by atoms with van der Waals surface area (Å²) in [5, 5.41) is 0.712. The molecule has 6 heteroatoms. The Morgan fingerprint density at radius 1 is 1.22 bits per heavy atom. The van der Waals surface area contributed by atoms with Crippen LogP contribution in [0, 0.1) is 5.92 Å². The Balaban J connectivity index is 1.26. The fourth-order valence-electron chi connectivity index (χ4n) is 4.21. The number of carbonyl (C=O) groups is 1. The number of nitrogens with zero attached hydrogens (tertiary/aromatic N) is 2. The predicted octanol–water partition coefficient (Wildman–Crippen LogP) is 4.65. The van der Waals surface area contributed by atoms with Crippen molar-refractivity contribution in [2.24, 2.45) is 5.92 Å². The van der Waals surface area contributed by atoms with E-state index >= 15 is 0 Å². The first-order valence-corrected chi connectivity index (χ1v) is 10.9. The lowest BCUT2D eigenvalue weighted by Gasteiger charge is -2.32. The number of thiazole rings is 1. The maximum atomic E-state index is 12.5. The molecular weight excluding hydrogens is 360 g/mol. The molecule has 2 fully saturated rings. The number of likely N-dealkylation sites (tertiary alicyclic amines) is 1. The van der Waals surface area contributed by atoms with Gasteiger partial charge in [-0.05, 0) is 24.5 Å². The highest BCUT2D eigenvalue weighted by molar-refractivity contribution is 7.20. The summed E-state index contributed by atoms with van der Waals surface area (Å²) in [6, 6.07) is 5.90. The van der Waals surface area contributed by atoms with E-state index in [0.29, 0.717) is 11.1 Å². The van der Waals surface area contributed by atoms with E-state index in [1.807, 2.05) is 23.1 Å². The number of fused-ring (bicyclic) bond motifs is 1. The number of hydrogen-bond acceptors (Lipinski definition) is 5. The maximum absolute atomic E-state index is 12.5. The SMILES string of the molecule is COc1ccc2sc(OC3CCN(C(=O)CCC4CCCC4)CC3)nc2c1. The highest BCUT2D eigenvalue weighted by Crippen LogP contribution is 2.32. The molecule has 4 rings (SSSR count). The van der Waals surface area contributed by atoms with Gasteiger partial charge in [0.05, 0.1) is 17.3 Å². The molecule has 2 aliphatic rings. The van der Waals surface area contributed by atoms with Gasteiger partial charge in [-0.25, -0.2) is 4.98 Å². The van der Waals surface area contributed by atoms with Crippen LogP contribution in [0.3, 0.4) is 0 Å². The second kappa shape index (κ2) is 8.46. The smallest absolute Gasteiger partial charge is 0.274 e. The number of rotatable bonds is 6. The van der Waals surface area contributed by atoms with Crippen LogP contribution < -0.4 is 9.47 Å². The molecule has 1 aliphatic heterocycles. The van der Waals surface area contributed by atoms with Crippen LogP contribution in [0.2, 0.25) is 0 Å². The highest BCUT2D eigenvalue weighted by Gasteiger charge is 2.25. The number of hydrogen-bond donors (Lipinski definition) is 0. The molecule has 1 amide bonds. The molecule has 0 radical (unpaired) electrons. The van der Waals surface area contributed by atoms with Crippen LogP contribution in [0.15, 0.2) is 18.2 Å². The van der Waals surface area contributed by atoms with Crippen molar-refractivity contribution in [1.82, 2.24) is 9.88 Å². The topological polar surface area (TPSA) is 51.7 Å². The van der Waals surface area contributed by atoms with Gasteiger partial charge in [0.25, 0.3) is 5.19 Å². The Hall–Kier alpha value is -1.82. The van der Waals surface area contributed by atoms with Gasteiger partial charge in [0.15, 0.2) is 0 Å². The fourth-order valence-corrected chi connectivity index (χ4v) is 5.08. The quantitative estimate of drug-likeness (QED) is 0.723. The summed E-state index contributed by atoms with van der Waals surface area (Å²) in [7, 11) is 1.66. The summed E-state index contributed by atoms with van der Waals surface area (Å²) in [4.78, 5) is 19.1. The lowest BCUT2D eigenvalue weighted by atomic mass is 10.0. The lowest BCUT2D eigenvalue weighted by molar-refractivity contribution is -0.133. The molecule has 1 aliphatic carbocycles. The number of carbonyl (C=O) groups excluding carboxylic acids is 1. The normalized spacial score (nSPS) is 18.9. The molecule has 1 saturated carbocycles. The number of ether oxygens (including phenoxy) is 2. The molecule has 27 heavy (non-hydrogen) atoms. The molecule has 0 atom stereocenters. The summed E-state index contributed by atoms with van der Waals surface area (Å²) >= 11 is 1.57. The van der Waals surface area contributed by atoms with Crippen molar-refractivity contribution in [2.75, 3.05) is 20.2 Å². The third-order valence-electron chi connectivity index (χ3n) is 5.88. The summed E-state index contributed by atoms with van der Waals surface area (Å²) in [5.41, 5.74) is 0.911. The zero-order valence-corrected chi connectivity index (χ0v) is 16.8. The molecular formula is C21H28N2O3S. The van der Waals surface area contributed by atoms with Gasteiger partial charge in [-0.15, -0.1) is 0 Å². The van der Waals surface area contributed by atoms with Crippen molar-refractivity contribution in [3.05, 3.63) is 18.2 Å². The van der Waals surface area contributed by atoms with Gasteiger partial charge in [-0.2, -0.15) is 0 Å². The predicted molar refractivity (Wildman–Crippen MR) is 108 cm³/mol. The minimum atomic E-state index is 0.145. The van der Waals surface area contributed by atoms with Crippen LogP contribution in [0.4, 0.5) is 0 Å². The van der Waals surface area contributed by atoms with E-state index in [1.165, 1.54) is 25.7 Å². The van der Waals surface area contributed by atoms with Crippen molar-refractivity contribution in [3.63, 3.8) is 0 Å². The molecule has 146 valence electrons. The first-order chi connectivity index (χ1) is 13.2. The summed E-state index contributed by atoms with van der Waals surface area (Å²) in [6.45, 7) is 1.60. The van der Waals surface area contributed by atoms with Crippen LogP contribution in [0.25, 0.3) is 10.2 Å². The third-order valence-corrected chi connectivity index (χ3v) is 6.81. The van der Waals surface area contributed by atoms with Crippen LogP contribution in [-0.4, -0.2) is 42.1 Å². The molecule has 1 aromatic carbocycles. The van der Waals surface area contributed by atoms with E-state index in [9.17, 15) is 4.79 Å². The Labute approximate surface area is 164 Å². The molecule has 5 nitrogen and oxygen atoms in total. The molecule has 2 aromatic rings. The second-order valence-corrected chi connectivity index (χ2v) is 8.69. The number of benzene rings is 1. The molecule has 0 unspecified atom stereocenters. The highest BCUT2D eigenvalue weighted by atomic mass is 32.1. The van der Waals surface area contributed by atoms with E-state index < -0.39 is 0 Å². The Morgan fingerprint density at radius 3 is 2.74 bits per heavy atom. The zero-order chi connectivity index (χ0) is 18.6. The molecule has 0 spiro atoms. The second-order valence-electron chi connectivity index (χ2n) is 7.70. The first kappa shape index (κ1) is 18.5. The average molecular weight is 389 g/mol. The standard InChI is InChI=1S/C21H28N2O3S/c1-25-17-7-8-19-18(14-17)22-21(27-19)26-16-10-12-23(13-11-16)20(24)9-6-15-4-2-3-5-15/h7-8,14-16H,2-6,9-13H2,1H3. The Bertz CT molecular complexity index is 777. The van der Waals surface area contributed by atoms with Crippen molar-refractivity contribution in [1.29, 1.82) is 0 Å². The number of methoxy groups -OCH3 is 1. The van der Waals surface area contributed by atoms with Gasteiger partial charge in [-0.1, -0.05) is 37.0 Å². The summed E-state index contributed by atoms with van der Waals surface area (Å²) < 4.78 is 12.5. The van der Waals surface area contributed by atoms with E-state index in [1.54, 1.807) is 18.4 Å². The van der Waals surface area contributed by atoms with Crippen LogP contribution in [-0.2, 0) is 4.79 Å². The summed E-state index contributed by atoms with van der Waals surface area (Å²) in [5.74, 6) is 1.92. The van der Waals surface area contributed by atoms with Crippen LogP contribution in [0.1, 0.15) is 51.4 Å². The largest absolute Gasteiger partial charge is 0.497 e. The first-order valence-electron chi connectivity index (χ1n) is 10.1. The molecule has 1 saturated heterocycles. The van der Waals surface area contributed by atoms with Crippen molar-refractivity contribution < 1.29 is 14.3 Å². The minimum Gasteiger partial charge on any atom is -0.497 e. The fraction of sp³-hybridized carbons (Fsp3) is 0.619. The van der Waals surface area contributed by atoms with E-state index in [-0.39, 0.29) is 6.10 Å². The molecule has 0 bridgehead atoms. The average Bonchev–Trinajstić information content (AvgIpc) is 3.35. The third kappa shape index (κ3) is 4.54. The van der Waals surface area contributed by atoms with Gasteiger partial charge in [0, 0.05) is 38.4 Å². The Kier molecular flexibility index (Phi) is 5.81. The van der Waals surface area contributed by atoms with E-state index in [0.717, 1.165) is 60.7 Å². The zero-order valence-electron chi connectivity index (χ0n) is 16.0. The van der Waals surface area contributed by atoms with Crippen LogP contribution >= 0.6 is 11.3 Å². The molecule has 0 N–H and O–H groups in total. The van der Waals surface area contributed by atoms with Crippen molar-refractivity contribution in [2.45, 2.75) is 57.5 Å². The van der Waals surface area contributed by atoms with Gasteiger partial charge in [-0.3, -0.25) is 4.79 Å². The number of aromatic nitrogens is 1. The number of amides is 1. The van der Waals surface area contributed by atoms with Gasteiger partial charge in [0.2, 0.25) is 5.91 Å². The van der Waals surface area contributed by atoms with Gasteiger partial charge in [0.1, 0.15) is 11.9 Å². The van der Waals surface area contributed by atoms with Gasteiger partial charge < -0.3 is 14.4 Å². The lowest BCUT2D eigenvalue weighted by Crippen LogP contribution is -2.41. The van der Waals surface area contributed by atoms with Crippen LogP contribution in [0.5, 0.6) is 10.9 Å². The number of piperidine rings is 1. The molecule has 2 heterocycles. The van der Waals surface area contributed by atoms with Gasteiger partial charge >= 0.3 is 0 Å². The van der Waals surface area contributed by atoms with Crippen molar-refractivity contribution >= 4 is 27.5 Å². The van der Waals surface area contributed by atoms with E-state index in [4.69, 9.17) is 9.47 Å².